The van der Waals surface area contributed by atoms with Crippen LogP contribution in [0.25, 0.3) is 0 Å². The number of nitrogens with one attached hydrogen (secondary N) is 1. The lowest BCUT2D eigenvalue weighted by atomic mass is 10.0. The Morgan fingerprint density at radius 3 is 1.91 bits per heavy atom. The Morgan fingerprint density at radius 1 is 0.739 bits per heavy atom. The van der Waals surface area contributed by atoms with E-state index in [1.165, 1.54) is 77.0 Å². The molecule has 7 nitrogen and oxygen atoms in total. The van der Waals surface area contributed by atoms with Crippen LogP contribution in [-0.2, 0) is 16.1 Å². The highest BCUT2D eigenvalue weighted by atomic mass is 16.5. The highest BCUT2D eigenvalue weighted by molar-refractivity contribution is 5.95. The molecule has 258 valence electrons. The first-order chi connectivity index (χ1) is 22.6. The summed E-state index contributed by atoms with van der Waals surface area (Å²) in [7, 11) is 0. The molecule has 2 aromatic carbocycles. The molecule has 3 rings (SSSR count). The average Bonchev–Trinajstić information content (AvgIpc) is 3.08. The topological polar surface area (TPSA) is 86.3 Å². The minimum Gasteiger partial charge on any atom is -0.490 e. The summed E-state index contributed by atoms with van der Waals surface area (Å²) in [6.07, 6.45) is 18.4. The summed E-state index contributed by atoms with van der Waals surface area (Å²) in [5, 5.41) is 14.0. The Morgan fingerprint density at radius 2 is 1.30 bits per heavy atom. The number of benzene rings is 2. The average molecular weight is 640 g/mol. The van der Waals surface area contributed by atoms with E-state index < -0.39 is 18.2 Å². The van der Waals surface area contributed by atoms with Crippen LogP contribution in [0, 0.1) is 0 Å². The van der Waals surface area contributed by atoms with Crippen LogP contribution in [0.4, 0.5) is 0 Å². The first-order valence-electron chi connectivity index (χ1n) is 18.2. The molecule has 46 heavy (non-hydrogen) atoms. The number of amides is 1. The summed E-state index contributed by atoms with van der Waals surface area (Å²) in [5.41, 5.74) is 1.48. The molecule has 0 aliphatic carbocycles. The van der Waals surface area contributed by atoms with Crippen molar-refractivity contribution in [2.75, 3.05) is 26.4 Å². The van der Waals surface area contributed by atoms with Gasteiger partial charge >= 0.3 is 0 Å². The van der Waals surface area contributed by atoms with E-state index in [-0.39, 0.29) is 19.1 Å². The van der Waals surface area contributed by atoms with E-state index in [0.29, 0.717) is 36.9 Å². The highest BCUT2D eigenvalue weighted by Gasteiger charge is 2.34. The number of carbonyl (C=O) groups is 1. The fourth-order valence-corrected chi connectivity index (χ4v) is 5.79. The van der Waals surface area contributed by atoms with Crippen LogP contribution in [-0.4, -0.2) is 55.7 Å². The van der Waals surface area contributed by atoms with E-state index in [4.69, 9.17) is 18.9 Å². The van der Waals surface area contributed by atoms with Gasteiger partial charge in [0.2, 0.25) is 0 Å². The number of carbonyl (C=O) groups excluding carboxylic acids is 1. The molecule has 0 bridgehead atoms. The van der Waals surface area contributed by atoms with Crippen LogP contribution >= 0.6 is 0 Å². The van der Waals surface area contributed by atoms with Gasteiger partial charge in [0, 0.05) is 5.56 Å². The molecule has 1 saturated heterocycles. The van der Waals surface area contributed by atoms with E-state index in [9.17, 15) is 9.90 Å². The predicted molar refractivity (Wildman–Crippen MR) is 186 cm³/mol. The molecule has 1 aliphatic rings. The summed E-state index contributed by atoms with van der Waals surface area (Å²) in [6.45, 7) is 6.58. The molecule has 0 radical (unpaired) electrons. The Labute approximate surface area is 278 Å². The maximum Gasteiger partial charge on any atom is 0.251 e. The van der Waals surface area contributed by atoms with Crippen LogP contribution in [0.2, 0.25) is 0 Å². The molecule has 0 spiro atoms. The van der Waals surface area contributed by atoms with Crippen molar-refractivity contribution in [3.63, 3.8) is 0 Å². The third-order valence-electron chi connectivity index (χ3n) is 8.71. The van der Waals surface area contributed by atoms with Gasteiger partial charge in [-0.05, 0) is 36.6 Å². The zero-order valence-electron chi connectivity index (χ0n) is 28.7. The summed E-state index contributed by atoms with van der Waals surface area (Å²) >= 11 is 0. The molecular weight excluding hydrogens is 578 g/mol. The largest absolute Gasteiger partial charge is 0.490 e. The van der Waals surface area contributed by atoms with Gasteiger partial charge in [-0.15, -0.1) is 0 Å². The van der Waals surface area contributed by atoms with E-state index in [0.717, 1.165) is 31.2 Å². The van der Waals surface area contributed by atoms with Gasteiger partial charge in [0.1, 0.15) is 12.2 Å². The number of hydrogen-bond acceptors (Lipinski definition) is 6. The van der Waals surface area contributed by atoms with Crippen molar-refractivity contribution >= 4 is 5.91 Å². The smallest absolute Gasteiger partial charge is 0.251 e. The molecule has 1 amide bonds. The second kappa shape index (κ2) is 23.7. The Balaban J connectivity index is 1.51. The molecule has 0 unspecified atom stereocenters. The molecule has 1 heterocycles. The number of rotatable bonds is 25. The first-order valence-corrected chi connectivity index (χ1v) is 18.2. The Kier molecular flexibility index (Phi) is 19.5. The quantitative estimate of drug-likeness (QED) is 0.106. The fraction of sp³-hybridized carbons (Fsp3) is 0.667. The van der Waals surface area contributed by atoms with Gasteiger partial charge in [-0.3, -0.25) is 4.79 Å². The monoisotopic (exact) mass is 639 g/mol. The van der Waals surface area contributed by atoms with Gasteiger partial charge in [-0.1, -0.05) is 134 Å². The summed E-state index contributed by atoms with van der Waals surface area (Å²) in [6, 6.07) is 14.6. The van der Waals surface area contributed by atoms with Crippen LogP contribution in [0.15, 0.2) is 48.5 Å². The highest BCUT2D eigenvalue weighted by Crippen LogP contribution is 2.29. The standard InChI is InChI=1S/C39H61NO6/c1-3-5-7-9-11-13-15-20-26-44-35-25-24-33(28-36(35)45-27-21-16-14-12-10-8-6-4-2)39(42)40-34-30-43-31-37(38(34)41)46-29-32-22-18-17-19-23-32/h17-19,22-25,28,34,37-38,41H,3-16,20-21,26-27,29-31H2,1-2H3,(H,40,42)/t34-,37+,38+/m0/s1. The van der Waals surface area contributed by atoms with Crippen LogP contribution in [0.1, 0.15) is 133 Å². The lowest BCUT2D eigenvalue weighted by Crippen LogP contribution is -2.56. The van der Waals surface area contributed by atoms with Gasteiger partial charge < -0.3 is 29.4 Å². The maximum absolute atomic E-state index is 13.3. The number of aliphatic hydroxyl groups excluding tert-OH is 1. The summed E-state index contributed by atoms with van der Waals surface area (Å²) in [5.74, 6) is 0.983. The Hall–Kier alpha value is -2.61. The lowest BCUT2D eigenvalue weighted by Gasteiger charge is -2.35. The molecule has 0 aromatic heterocycles. The number of unbranched alkanes of at least 4 members (excludes halogenated alkanes) is 14. The molecule has 1 fully saturated rings. The molecular formula is C39H61NO6. The SMILES string of the molecule is CCCCCCCCCCOc1ccc(C(=O)N[C@H]2COC[C@@H](OCc3ccccc3)[C@@H]2O)cc1OCCCCCCCCCC. The maximum atomic E-state index is 13.3. The summed E-state index contributed by atoms with van der Waals surface area (Å²) in [4.78, 5) is 13.3. The second-order valence-electron chi connectivity index (χ2n) is 12.8. The zero-order valence-corrected chi connectivity index (χ0v) is 28.7. The van der Waals surface area contributed by atoms with Crippen molar-refractivity contribution in [1.82, 2.24) is 5.32 Å². The Bertz CT molecular complexity index is 1060. The van der Waals surface area contributed by atoms with E-state index in [1.807, 2.05) is 36.4 Å². The van der Waals surface area contributed by atoms with Crippen molar-refractivity contribution in [3.8, 4) is 11.5 Å². The lowest BCUT2D eigenvalue weighted by molar-refractivity contribution is -0.135. The molecule has 7 heteroatoms. The van der Waals surface area contributed by atoms with Gasteiger partial charge in [0.05, 0.1) is 39.1 Å². The van der Waals surface area contributed by atoms with Crippen molar-refractivity contribution in [3.05, 3.63) is 59.7 Å². The minimum atomic E-state index is -0.881. The fourth-order valence-electron chi connectivity index (χ4n) is 5.79. The molecule has 0 saturated carbocycles. The van der Waals surface area contributed by atoms with Crippen molar-refractivity contribution in [2.45, 2.75) is 141 Å². The van der Waals surface area contributed by atoms with Gasteiger partial charge in [-0.2, -0.15) is 0 Å². The van der Waals surface area contributed by atoms with Crippen molar-refractivity contribution in [2.24, 2.45) is 0 Å². The van der Waals surface area contributed by atoms with E-state index in [1.54, 1.807) is 12.1 Å². The van der Waals surface area contributed by atoms with Crippen LogP contribution in [0.5, 0.6) is 11.5 Å². The zero-order chi connectivity index (χ0) is 32.7. The normalized spacial score (nSPS) is 17.9. The van der Waals surface area contributed by atoms with Crippen molar-refractivity contribution in [1.29, 1.82) is 0 Å². The van der Waals surface area contributed by atoms with Crippen molar-refractivity contribution < 1.29 is 28.8 Å². The molecule has 3 atom stereocenters. The number of hydrogen-bond donors (Lipinski definition) is 2. The first kappa shape index (κ1) is 37.8. The third-order valence-corrected chi connectivity index (χ3v) is 8.71. The van der Waals surface area contributed by atoms with Crippen LogP contribution < -0.4 is 14.8 Å². The van der Waals surface area contributed by atoms with E-state index in [2.05, 4.69) is 19.2 Å². The molecule has 2 N–H and O–H groups in total. The van der Waals surface area contributed by atoms with Gasteiger partial charge in [-0.25, -0.2) is 0 Å². The molecule has 2 aromatic rings. The minimum absolute atomic E-state index is 0.222. The molecule has 1 aliphatic heterocycles. The number of ether oxygens (including phenoxy) is 4. The second-order valence-corrected chi connectivity index (χ2v) is 12.8. The van der Waals surface area contributed by atoms with Crippen LogP contribution in [0.3, 0.4) is 0 Å². The van der Waals surface area contributed by atoms with Gasteiger partial charge in [0.15, 0.2) is 11.5 Å². The number of aliphatic hydroxyl groups is 1. The predicted octanol–water partition coefficient (Wildman–Crippen LogP) is 8.80. The summed E-state index contributed by atoms with van der Waals surface area (Å²) < 4.78 is 24.0. The van der Waals surface area contributed by atoms with E-state index >= 15 is 0 Å². The third kappa shape index (κ3) is 14.9. The van der Waals surface area contributed by atoms with Gasteiger partial charge in [0.25, 0.3) is 5.91 Å².